The van der Waals surface area contributed by atoms with Gasteiger partial charge in [-0.25, -0.2) is 0 Å². The summed E-state index contributed by atoms with van der Waals surface area (Å²) in [4.78, 5) is 0.347. The molecule has 0 radical (unpaired) electrons. The molecule has 0 saturated heterocycles. The number of nitrogens with one attached hydrogen (secondary N) is 1. The van der Waals surface area contributed by atoms with Gasteiger partial charge in [0.1, 0.15) is 4.99 Å². The lowest BCUT2D eigenvalue weighted by atomic mass is 10.1. The van der Waals surface area contributed by atoms with Crippen molar-refractivity contribution >= 4 is 51.8 Å². The molecule has 2 rings (SSSR count). The summed E-state index contributed by atoms with van der Waals surface area (Å²) in [6.07, 6.45) is 0. The van der Waals surface area contributed by atoms with E-state index in [0.717, 1.165) is 22.5 Å². The van der Waals surface area contributed by atoms with Crippen molar-refractivity contribution in [3.05, 3.63) is 57.6 Å². The standard InChI is InChI=1S/C14H12Cl2N2S/c1-8-2-3-13(12(4-8)14(17)19)18-11-6-9(15)5-10(16)7-11/h2-7,18H,1H3,(H2,17,19). The Bertz CT molecular complexity index is 621. The van der Waals surface area contributed by atoms with Gasteiger partial charge in [0.25, 0.3) is 0 Å². The van der Waals surface area contributed by atoms with E-state index in [2.05, 4.69) is 5.32 Å². The third-order valence-electron chi connectivity index (χ3n) is 2.58. The smallest absolute Gasteiger partial charge is 0.106 e. The molecule has 2 aromatic carbocycles. The molecule has 0 bridgehead atoms. The van der Waals surface area contributed by atoms with E-state index in [1.54, 1.807) is 18.2 Å². The lowest BCUT2D eigenvalue weighted by Crippen LogP contribution is -2.12. The Morgan fingerprint density at radius 3 is 2.32 bits per heavy atom. The van der Waals surface area contributed by atoms with Gasteiger partial charge in [-0.1, -0.05) is 47.0 Å². The van der Waals surface area contributed by atoms with Gasteiger partial charge in [0.15, 0.2) is 0 Å². The van der Waals surface area contributed by atoms with Crippen LogP contribution in [0.25, 0.3) is 0 Å². The Hall–Kier alpha value is -1.29. The molecule has 0 amide bonds. The predicted octanol–water partition coefficient (Wildman–Crippen LogP) is 4.68. The summed E-state index contributed by atoms with van der Waals surface area (Å²) in [5, 5.41) is 4.36. The Labute approximate surface area is 127 Å². The maximum absolute atomic E-state index is 5.97. The number of halogens is 2. The number of hydrogen-bond donors (Lipinski definition) is 2. The monoisotopic (exact) mass is 310 g/mol. The molecule has 19 heavy (non-hydrogen) atoms. The number of thiocarbonyl (C=S) groups is 1. The number of benzene rings is 2. The van der Waals surface area contributed by atoms with E-state index in [4.69, 9.17) is 41.2 Å². The van der Waals surface area contributed by atoms with Crippen molar-refractivity contribution in [3.63, 3.8) is 0 Å². The van der Waals surface area contributed by atoms with Crippen molar-refractivity contribution in [3.8, 4) is 0 Å². The fraction of sp³-hybridized carbons (Fsp3) is 0.0714. The number of anilines is 2. The quantitative estimate of drug-likeness (QED) is 0.808. The number of hydrogen-bond acceptors (Lipinski definition) is 2. The third-order valence-corrected chi connectivity index (χ3v) is 3.24. The van der Waals surface area contributed by atoms with E-state index in [-0.39, 0.29) is 0 Å². The van der Waals surface area contributed by atoms with Crippen LogP contribution in [0.3, 0.4) is 0 Å². The Morgan fingerprint density at radius 1 is 1.11 bits per heavy atom. The highest BCUT2D eigenvalue weighted by molar-refractivity contribution is 7.80. The second kappa shape index (κ2) is 5.78. The first kappa shape index (κ1) is 14.1. The summed E-state index contributed by atoms with van der Waals surface area (Å²) < 4.78 is 0. The van der Waals surface area contributed by atoms with Crippen LogP contribution < -0.4 is 11.1 Å². The van der Waals surface area contributed by atoms with Gasteiger partial charge in [-0.05, 0) is 37.3 Å². The minimum absolute atomic E-state index is 0.347. The molecule has 2 nitrogen and oxygen atoms in total. The summed E-state index contributed by atoms with van der Waals surface area (Å²) in [6.45, 7) is 1.99. The van der Waals surface area contributed by atoms with Crippen molar-refractivity contribution in [1.29, 1.82) is 0 Å². The van der Waals surface area contributed by atoms with Gasteiger partial charge in [0.2, 0.25) is 0 Å². The second-order valence-corrected chi connectivity index (χ2v) is 5.51. The van der Waals surface area contributed by atoms with Crippen molar-refractivity contribution < 1.29 is 0 Å². The lowest BCUT2D eigenvalue weighted by molar-refractivity contribution is 1.43. The molecule has 2 aromatic rings. The molecule has 0 fully saturated rings. The van der Waals surface area contributed by atoms with Crippen LogP contribution in [0.15, 0.2) is 36.4 Å². The summed E-state index contributed by atoms with van der Waals surface area (Å²) in [6, 6.07) is 11.1. The molecule has 0 unspecified atom stereocenters. The molecular weight excluding hydrogens is 299 g/mol. The first-order valence-corrected chi connectivity index (χ1v) is 6.76. The van der Waals surface area contributed by atoms with Crippen LogP contribution in [-0.4, -0.2) is 4.99 Å². The molecule has 0 aliphatic carbocycles. The Morgan fingerprint density at radius 2 is 1.74 bits per heavy atom. The topological polar surface area (TPSA) is 38.0 Å². The van der Waals surface area contributed by atoms with E-state index < -0.39 is 0 Å². The van der Waals surface area contributed by atoms with Gasteiger partial charge in [0.05, 0.1) is 0 Å². The van der Waals surface area contributed by atoms with Gasteiger partial charge < -0.3 is 11.1 Å². The van der Waals surface area contributed by atoms with Crippen molar-refractivity contribution in [2.24, 2.45) is 5.73 Å². The normalized spacial score (nSPS) is 10.3. The van der Waals surface area contributed by atoms with Crippen molar-refractivity contribution in [2.45, 2.75) is 6.92 Å². The summed E-state index contributed by atoms with van der Waals surface area (Å²) in [5.74, 6) is 0. The van der Waals surface area contributed by atoms with Crippen LogP contribution in [0, 0.1) is 6.92 Å². The van der Waals surface area contributed by atoms with E-state index in [9.17, 15) is 0 Å². The summed E-state index contributed by atoms with van der Waals surface area (Å²) in [5.41, 5.74) is 9.25. The third kappa shape index (κ3) is 3.60. The number of nitrogens with two attached hydrogens (primary N) is 1. The molecule has 0 spiro atoms. The van der Waals surface area contributed by atoms with Gasteiger partial charge in [-0.15, -0.1) is 0 Å². The van der Waals surface area contributed by atoms with Crippen LogP contribution >= 0.6 is 35.4 Å². The minimum atomic E-state index is 0.347. The van der Waals surface area contributed by atoms with Crippen LogP contribution in [0.2, 0.25) is 10.0 Å². The van der Waals surface area contributed by atoms with E-state index in [0.29, 0.717) is 15.0 Å². The van der Waals surface area contributed by atoms with Gasteiger partial charge >= 0.3 is 0 Å². The first-order chi connectivity index (χ1) is 8.95. The number of aryl methyl sites for hydroxylation is 1. The highest BCUT2D eigenvalue weighted by atomic mass is 35.5. The maximum atomic E-state index is 5.97. The van der Waals surface area contributed by atoms with Crippen LogP contribution in [0.1, 0.15) is 11.1 Å². The highest BCUT2D eigenvalue weighted by Gasteiger charge is 2.07. The van der Waals surface area contributed by atoms with E-state index in [1.807, 2.05) is 25.1 Å². The fourth-order valence-electron chi connectivity index (χ4n) is 1.75. The number of rotatable bonds is 3. The SMILES string of the molecule is Cc1ccc(Nc2cc(Cl)cc(Cl)c2)c(C(N)=S)c1. The Balaban J connectivity index is 2.40. The molecular formula is C14H12Cl2N2S. The zero-order chi connectivity index (χ0) is 14.0. The average molecular weight is 311 g/mol. The molecule has 3 N–H and O–H groups in total. The fourth-order valence-corrected chi connectivity index (χ4v) is 2.45. The van der Waals surface area contributed by atoms with Crippen molar-refractivity contribution in [1.82, 2.24) is 0 Å². The Kier molecular flexibility index (Phi) is 4.30. The van der Waals surface area contributed by atoms with E-state index >= 15 is 0 Å². The molecule has 0 saturated carbocycles. The van der Waals surface area contributed by atoms with Crippen LogP contribution in [0.4, 0.5) is 11.4 Å². The average Bonchev–Trinajstić information content (AvgIpc) is 2.30. The zero-order valence-corrected chi connectivity index (χ0v) is 12.5. The van der Waals surface area contributed by atoms with Crippen molar-refractivity contribution in [2.75, 3.05) is 5.32 Å². The lowest BCUT2D eigenvalue weighted by Gasteiger charge is -2.12. The molecule has 0 atom stereocenters. The molecule has 0 heterocycles. The van der Waals surface area contributed by atoms with Crippen LogP contribution in [0.5, 0.6) is 0 Å². The molecule has 0 aliphatic rings. The molecule has 0 aromatic heterocycles. The van der Waals surface area contributed by atoms with Gasteiger partial charge in [-0.2, -0.15) is 0 Å². The molecule has 0 aliphatic heterocycles. The van der Waals surface area contributed by atoms with Crippen LogP contribution in [-0.2, 0) is 0 Å². The van der Waals surface area contributed by atoms with Gasteiger partial charge in [-0.3, -0.25) is 0 Å². The summed E-state index contributed by atoms with van der Waals surface area (Å²) in [7, 11) is 0. The molecule has 5 heteroatoms. The van der Waals surface area contributed by atoms with Gasteiger partial charge in [0, 0.05) is 27.0 Å². The second-order valence-electron chi connectivity index (χ2n) is 4.20. The highest BCUT2D eigenvalue weighted by Crippen LogP contribution is 2.27. The zero-order valence-electron chi connectivity index (χ0n) is 10.2. The van der Waals surface area contributed by atoms with E-state index in [1.165, 1.54) is 0 Å². The first-order valence-electron chi connectivity index (χ1n) is 5.59. The largest absolute Gasteiger partial charge is 0.389 e. The summed E-state index contributed by atoms with van der Waals surface area (Å²) >= 11 is 17.0. The maximum Gasteiger partial charge on any atom is 0.106 e. The predicted molar refractivity (Wildman–Crippen MR) is 86.8 cm³/mol. The minimum Gasteiger partial charge on any atom is -0.389 e. The molecule has 98 valence electrons.